The second-order valence-corrected chi connectivity index (χ2v) is 9.22. The smallest absolute Gasteiger partial charge is 0.0661 e. The second-order valence-electron chi connectivity index (χ2n) is 8.70. The molecule has 1 unspecified atom stereocenters. The Labute approximate surface area is 174 Å². The number of thiol groups is 1. The first kappa shape index (κ1) is 20.9. The fraction of sp³-hybridized carbons (Fsp3) is 0.458. The lowest BCUT2D eigenvalue weighted by molar-refractivity contribution is 0.350. The average molecular weight is 396 g/mol. The van der Waals surface area contributed by atoms with E-state index in [-0.39, 0.29) is 11.5 Å². The zero-order chi connectivity index (χ0) is 20.6. The quantitative estimate of drug-likeness (QED) is 0.480. The van der Waals surface area contributed by atoms with Crippen molar-refractivity contribution in [3.8, 4) is 11.3 Å². The first-order valence-corrected chi connectivity index (χ1v) is 10.7. The molecule has 28 heavy (non-hydrogen) atoms. The molecule has 2 heterocycles. The van der Waals surface area contributed by atoms with Crippen molar-refractivity contribution in [1.82, 2.24) is 9.55 Å². The highest BCUT2D eigenvalue weighted by Gasteiger charge is 2.26. The minimum absolute atomic E-state index is 0.119. The minimum Gasteiger partial charge on any atom is -0.340 e. The van der Waals surface area contributed by atoms with E-state index in [1.807, 2.05) is 13.1 Å². The molecule has 2 N–H and O–H groups in total. The maximum Gasteiger partial charge on any atom is 0.0661 e. The van der Waals surface area contributed by atoms with Gasteiger partial charge in [-0.05, 0) is 68.0 Å². The molecule has 0 bridgehead atoms. The largest absolute Gasteiger partial charge is 0.340 e. The van der Waals surface area contributed by atoms with Gasteiger partial charge in [0.2, 0.25) is 0 Å². The van der Waals surface area contributed by atoms with Crippen molar-refractivity contribution in [1.29, 1.82) is 0 Å². The highest BCUT2D eigenvalue weighted by atomic mass is 32.1. The standard InChI is InChI=1S/C24H33N3S/c1-7-24(5,6)13-20-18-12-17(28)9-10-21(18)27(8-2)23(20)19-11-15(3)14-26-22(19)16(4)25/h9-12,14,16,28H,7-8,13,25H2,1-6H3. The molecular weight excluding hydrogens is 362 g/mol. The van der Waals surface area contributed by atoms with Crippen molar-refractivity contribution in [2.24, 2.45) is 11.1 Å². The van der Waals surface area contributed by atoms with Crippen molar-refractivity contribution >= 4 is 23.5 Å². The summed E-state index contributed by atoms with van der Waals surface area (Å²) in [5.41, 5.74) is 13.7. The number of hydrogen-bond donors (Lipinski definition) is 2. The summed E-state index contributed by atoms with van der Waals surface area (Å²) in [5.74, 6) is 0. The molecule has 0 saturated carbocycles. The van der Waals surface area contributed by atoms with Crippen LogP contribution in [-0.4, -0.2) is 9.55 Å². The summed E-state index contributed by atoms with van der Waals surface area (Å²) >= 11 is 4.63. The van der Waals surface area contributed by atoms with Gasteiger partial charge in [-0.3, -0.25) is 4.98 Å². The summed E-state index contributed by atoms with van der Waals surface area (Å²) in [6, 6.07) is 8.62. The Morgan fingerprint density at radius 3 is 2.54 bits per heavy atom. The van der Waals surface area contributed by atoms with E-state index < -0.39 is 0 Å². The molecule has 0 amide bonds. The summed E-state index contributed by atoms with van der Waals surface area (Å²) in [7, 11) is 0. The lowest BCUT2D eigenvalue weighted by Crippen LogP contribution is -2.15. The van der Waals surface area contributed by atoms with Gasteiger partial charge < -0.3 is 10.3 Å². The van der Waals surface area contributed by atoms with Crippen LogP contribution in [-0.2, 0) is 13.0 Å². The summed E-state index contributed by atoms with van der Waals surface area (Å²) in [5, 5.41) is 1.29. The third-order valence-electron chi connectivity index (χ3n) is 5.82. The van der Waals surface area contributed by atoms with Crippen LogP contribution < -0.4 is 5.73 Å². The van der Waals surface area contributed by atoms with Crippen LogP contribution in [0.15, 0.2) is 35.4 Å². The molecule has 0 aliphatic heterocycles. The molecule has 1 atom stereocenters. The molecule has 0 spiro atoms. The van der Waals surface area contributed by atoms with E-state index in [0.717, 1.165) is 41.1 Å². The fourth-order valence-corrected chi connectivity index (χ4v) is 4.17. The summed E-state index contributed by atoms with van der Waals surface area (Å²) in [6.45, 7) is 14.2. The number of benzene rings is 1. The first-order chi connectivity index (χ1) is 13.2. The molecular formula is C24H33N3S. The summed E-state index contributed by atoms with van der Waals surface area (Å²) in [4.78, 5) is 5.72. The van der Waals surface area contributed by atoms with E-state index in [1.165, 1.54) is 22.2 Å². The molecule has 4 heteroatoms. The van der Waals surface area contributed by atoms with Gasteiger partial charge in [-0.25, -0.2) is 0 Å². The van der Waals surface area contributed by atoms with Crippen molar-refractivity contribution < 1.29 is 0 Å². The molecule has 0 radical (unpaired) electrons. The molecule has 0 aliphatic rings. The average Bonchev–Trinajstić information content (AvgIpc) is 2.93. The molecule has 3 aromatic rings. The van der Waals surface area contributed by atoms with Gasteiger partial charge in [-0.2, -0.15) is 0 Å². The molecule has 3 nitrogen and oxygen atoms in total. The first-order valence-electron chi connectivity index (χ1n) is 10.2. The van der Waals surface area contributed by atoms with Crippen molar-refractivity contribution in [2.75, 3.05) is 0 Å². The van der Waals surface area contributed by atoms with Crippen molar-refractivity contribution in [3.63, 3.8) is 0 Å². The predicted octanol–water partition coefficient (Wildman–Crippen LogP) is 6.32. The van der Waals surface area contributed by atoms with Gasteiger partial charge in [-0.15, -0.1) is 12.6 Å². The summed E-state index contributed by atoms with van der Waals surface area (Å²) < 4.78 is 2.42. The van der Waals surface area contributed by atoms with Gasteiger partial charge >= 0.3 is 0 Å². The van der Waals surface area contributed by atoms with Gasteiger partial charge in [0.25, 0.3) is 0 Å². The van der Waals surface area contributed by atoms with Gasteiger partial charge in [0.15, 0.2) is 0 Å². The Balaban J connectivity index is 2.43. The Bertz CT molecular complexity index is 999. The molecule has 1 aromatic carbocycles. The molecule has 3 rings (SSSR count). The molecule has 0 aliphatic carbocycles. The molecule has 0 fully saturated rings. The lowest BCUT2D eigenvalue weighted by atomic mass is 9.81. The Morgan fingerprint density at radius 1 is 1.21 bits per heavy atom. The van der Waals surface area contributed by atoms with Gasteiger partial charge in [0.05, 0.1) is 11.4 Å². The Morgan fingerprint density at radius 2 is 1.93 bits per heavy atom. The van der Waals surface area contributed by atoms with Crippen LogP contribution in [0, 0.1) is 12.3 Å². The molecule has 2 aromatic heterocycles. The Kier molecular flexibility index (Phi) is 5.92. The number of rotatable bonds is 6. The van der Waals surface area contributed by atoms with E-state index in [9.17, 15) is 0 Å². The van der Waals surface area contributed by atoms with Gasteiger partial charge in [0.1, 0.15) is 0 Å². The normalized spacial score (nSPS) is 13.3. The molecule has 150 valence electrons. The monoisotopic (exact) mass is 395 g/mol. The number of nitrogens with two attached hydrogens (primary N) is 1. The van der Waals surface area contributed by atoms with Crippen molar-refractivity contribution in [2.45, 2.75) is 71.9 Å². The van der Waals surface area contributed by atoms with Crippen LogP contribution in [0.4, 0.5) is 0 Å². The van der Waals surface area contributed by atoms with Crippen LogP contribution in [0.5, 0.6) is 0 Å². The minimum atomic E-state index is -0.119. The zero-order valence-corrected chi connectivity index (χ0v) is 18.9. The SMILES string of the molecule is CCn1c(-c2cc(C)cnc2C(C)N)c(CC(C)(C)CC)c2cc(S)ccc21. The van der Waals surface area contributed by atoms with Crippen LogP contribution in [0.2, 0.25) is 0 Å². The van der Waals surface area contributed by atoms with Gasteiger partial charge in [-0.1, -0.05) is 27.2 Å². The maximum absolute atomic E-state index is 6.33. The van der Waals surface area contributed by atoms with E-state index >= 15 is 0 Å². The van der Waals surface area contributed by atoms with E-state index in [1.54, 1.807) is 0 Å². The number of fused-ring (bicyclic) bond motifs is 1. The van der Waals surface area contributed by atoms with E-state index in [2.05, 4.69) is 76.1 Å². The van der Waals surface area contributed by atoms with Crippen LogP contribution in [0.25, 0.3) is 22.2 Å². The topological polar surface area (TPSA) is 43.8 Å². The zero-order valence-electron chi connectivity index (χ0n) is 18.0. The number of aromatic nitrogens is 2. The third kappa shape index (κ3) is 3.85. The maximum atomic E-state index is 6.33. The number of pyridine rings is 1. The van der Waals surface area contributed by atoms with Crippen LogP contribution in [0.1, 0.15) is 63.9 Å². The highest BCUT2D eigenvalue weighted by Crippen LogP contribution is 2.41. The number of hydrogen-bond acceptors (Lipinski definition) is 3. The second kappa shape index (κ2) is 7.92. The molecule has 0 saturated heterocycles. The van der Waals surface area contributed by atoms with Crippen molar-refractivity contribution in [3.05, 3.63) is 47.3 Å². The van der Waals surface area contributed by atoms with Gasteiger partial charge in [0, 0.05) is 40.1 Å². The van der Waals surface area contributed by atoms with Crippen LogP contribution in [0.3, 0.4) is 0 Å². The van der Waals surface area contributed by atoms with Crippen LogP contribution >= 0.6 is 12.6 Å². The highest BCUT2D eigenvalue weighted by molar-refractivity contribution is 7.80. The van der Waals surface area contributed by atoms with E-state index in [4.69, 9.17) is 10.7 Å². The van der Waals surface area contributed by atoms with E-state index in [0.29, 0.717) is 0 Å². The Hall–Kier alpha value is -1.78. The number of aryl methyl sites for hydroxylation is 2. The fourth-order valence-electron chi connectivity index (χ4n) is 3.96. The third-order valence-corrected chi connectivity index (χ3v) is 6.10. The predicted molar refractivity (Wildman–Crippen MR) is 123 cm³/mol. The lowest BCUT2D eigenvalue weighted by Gasteiger charge is -2.24. The summed E-state index contributed by atoms with van der Waals surface area (Å²) in [6.07, 6.45) is 4.05. The number of nitrogens with zero attached hydrogens (tertiary/aromatic N) is 2.